The molecular weight excluding hydrogens is 288 g/mol. The molecule has 1 amide bonds. The van der Waals surface area contributed by atoms with Crippen LogP contribution in [0.3, 0.4) is 0 Å². The van der Waals surface area contributed by atoms with E-state index >= 15 is 0 Å². The van der Waals surface area contributed by atoms with Gasteiger partial charge in [0.25, 0.3) is 5.91 Å². The van der Waals surface area contributed by atoms with Gasteiger partial charge in [0.15, 0.2) is 0 Å². The van der Waals surface area contributed by atoms with E-state index in [0.29, 0.717) is 11.5 Å². The van der Waals surface area contributed by atoms with Crippen LogP contribution >= 0.6 is 0 Å². The van der Waals surface area contributed by atoms with Gasteiger partial charge >= 0.3 is 0 Å². The zero-order valence-electron chi connectivity index (χ0n) is 13.7. The number of amides is 1. The zero-order chi connectivity index (χ0) is 16.2. The van der Waals surface area contributed by atoms with Crippen LogP contribution in [0, 0.1) is 13.8 Å². The van der Waals surface area contributed by atoms with Crippen molar-refractivity contribution in [2.24, 2.45) is 0 Å². The minimum absolute atomic E-state index is 0.0303. The number of hydrogen-bond donors (Lipinski definition) is 1. The Balaban J connectivity index is 1.70. The van der Waals surface area contributed by atoms with Crippen molar-refractivity contribution < 1.29 is 4.79 Å². The highest BCUT2D eigenvalue weighted by Gasteiger charge is 2.18. The highest BCUT2D eigenvalue weighted by molar-refractivity contribution is 5.93. The van der Waals surface area contributed by atoms with Crippen LogP contribution in [0.5, 0.6) is 0 Å². The Morgan fingerprint density at radius 3 is 2.43 bits per heavy atom. The number of aryl methyl sites for hydroxylation is 2. The molecule has 3 rings (SSSR count). The molecule has 1 fully saturated rings. The molecule has 0 saturated carbocycles. The third-order valence-electron chi connectivity index (χ3n) is 4.17. The van der Waals surface area contributed by atoms with Gasteiger partial charge in [-0.1, -0.05) is 17.7 Å². The Bertz CT molecular complexity index is 691. The summed E-state index contributed by atoms with van der Waals surface area (Å²) in [5, 5.41) is 3.20. The van der Waals surface area contributed by atoms with Gasteiger partial charge in [-0.05, 0) is 44.7 Å². The molecule has 0 bridgehead atoms. The van der Waals surface area contributed by atoms with Gasteiger partial charge < -0.3 is 10.2 Å². The summed E-state index contributed by atoms with van der Waals surface area (Å²) in [4.78, 5) is 22.8. The topological polar surface area (TPSA) is 58.1 Å². The Labute approximate surface area is 136 Å². The average molecular weight is 310 g/mol. The Morgan fingerprint density at radius 2 is 1.78 bits per heavy atom. The number of nitrogens with zero attached hydrogens (tertiary/aromatic N) is 3. The molecule has 5 nitrogen and oxygen atoms in total. The third-order valence-corrected chi connectivity index (χ3v) is 4.17. The molecule has 1 aromatic heterocycles. The van der Waals surface area contributed by atoms with Gasteiger partial charge in [-0.3, -0.25) is 4.79 Å². The summed E-state index contributed by atoms with van der Waals surface area (Å²) in [6, 6.07) is 6.17. The zero-order valence-corrected chi connectivity index (χ0v) is 13.7. The van der Waals surface area contributed by atoms with E-state index in [1.807, 2.05) is 24.0 Å². The van der Waals surface area contributed by atoms with Crippen LogP contribution in [-0.4, -0.2) is 33.9 Å². The number of carbonyl (C=O) groups is 1. The number of carbonyl (C=O) groups excluding carboxylic acids is 1. The number of rotatable bonds is 3. The van der Waals surface area contributed by atoms with Crippen molar-refractivity contribution in [2.45, 2.75) is 33.1 Å². The molecule has 0 atom stereocenters. The van der Waals surface area contributed by atoms with Gasteiger partial charge in [0.2, 0.25) is 5.95 Å². The molecular formula is C18H22N4O. The lowest BCUT2D eigenvalue weighted by atomic mass is 10.1. The SMILES string of the molecule is Cc1ccc(Nc2ncc(C(=O)N3CCCCC3)cn2)c(C)c1. The van der Waals surface area contributed by atoms with Crippen LogP contribution in [0.2, 0.25) is 0 Å². The van der Waals surface area contributed by atoms with Crippen LogP contribution in [0.1, 0.15) is 40.7 Å². The predicted octanol–water partition coefficient (Wildman–Crippen LogP) is 3.46. The van der Waals surface area contributed by atoms with Gasteiger partial charge in [0.1, 0.15) is 0 Å². The number of benzene rings is 1. The second kappa shape index (κ2) is 6.77. The molecule has 2 aromatic rings. The molecule has 23 heavy (non-hydrogen) atoms. The van der Waals surface area contributed by atoms with E-state index < -0.39 is 0 Å². The maximum atomic E-state index is 12.4. The molecule has 0 unspecified atom stereocenters. The van der Waals surface area contributed by atoms with Gasteiger partial charge in [-0.15, -0.1) is 0 Å². The summed E-state index contributed by atoms with van der Waals surface area (Å²) < 4.78 is 0. The van der Waals surface area contributed by atoms with E-state index in [-0.39, 0.29) is 5.91 Å². The first kappa shape index (κ1) is 15.5. The number of nitrogens with one attached hydrogen (secondary N) is 1. The van der Waals surface area contributed by atoms with E-state index in [0.717, 1.165) is 37.2 Å². The first-order chi connectivity index (χ1) is 11.1. The molecule has 1 aliphatic rings. The van der Waals surface area contributed by atoms with Crippen molar-refractivity contribution in [3.63, 3.8) is 0 Å². The summed E-state index contributed by atoms with van der Waals surface area (Å²) in [5.74, 6) is 0.537. The first-order valence-electron chi connectivity index (χ1n) is 8.09. The summed E-state index contributed by atoms with van der Waals surface area (Å²) in [6.45, 7) is 5.78. The number of hydrogen-bond acceptors (Lipinski definition) is 4. The Hall–Kier alpha value is -2.43. The Kier molecular flexibility index (Phi) is 4.55. The van der Waals surface area contributed by atoms with Crippen LogP contribution < -0.4 is 5.32 Å². The minimum atomic E-state index is 0.0303. The fourth-order valence-corrected chi connectivity index (χ4v) is 2.86. The molecule has 5 heteroatoms. The van der Waals surface area contributed by atoms with Crippen molar-refractivity contribution in [2.75, 3.05) is 18.4 Å². The van der Waals surface area contributed by atoms with Crippen LogP contribution in [0.25, 0.3) is 0 Å². The van der Waals surface area contributed by atoms with Crippen LogP contribution in [0.4, 0.5) is 11.6 Å². The normalized spacial score (nSPS) is 14.6. The Morgan fingerprint density at radius 1 is 1.09 bits per heavy atom. The standard InChI is InChI=1S/C18H22N4O/c1-13-6-7-16(14(2)10-13)21-18-19-11-15(12-20-18)17(23)22-8-4-3-5-9-22/h6-7,10-12H,3-5,8-9H2,1-2H3,(H,19,20,21). The summed E-state index contributed by atoms with van der Waals surface area (Å²) in [6.07, 6.45) is 6.59. The number of anilines is 2. The summed E-state index contributed by atoms with van der Waals surface area (Å²) >= 11 is 0. The summed E-state index contributed by atoms with van der Waals surface area (Å²) in [7, 11) is 0. The molecule has 120 valence electrons. The number of likely N-dealkylation sites (tertiary alicyclic amines) is 1. The summed E-state index contributed by atoms with van der Waals surface area (Å²) in [5.41, 5.74) is 3.89. The highest BCUT2D eigenvalue weighted by Crippen LogP contribution is 2.19. The smallest absolute Gasteiger partial charge is 0.256 e. The average Bonchev–Trinajstić information content (AvgIpc) is 2.58. The lowest BCUT2D eigenvalue weighted by Crippen LogP contribution is -2.35. The molecule has 0 aliphatic carbocycles. The largest absolute Gasteiger partial charge is 0.339 e. The maximum Gasteiger partial charge on any atom is 0.256 e. The predicted molar refractivity (Wildman–Crippen MR) is 91.0 cm³/mol. The molecule has 0 spiro atoms. The maximum absolute atomic E-state index is 12.4. The van der Waals surface area contributed by atoms with Crippen molar-refractivity contribution in [1.29, 1.82) is 0 Å². The lowest BCUT2D eigenvalue weighted by molar-refractivity contribution is 0.0723. The van der Waals surface area contributed by atoms with E-state index in [2.05, 4.69) is 28.3 Å². The van der Waals surface area contributed by atoms with Crippen molar-refractivity contribution in [1.82, 2.24) is 14.9 Å². The fourth-order valence-electron chi connectivity index (χ4n) is 2.86. The molecule has 1 aliphatic heterocycles. The first-order valence-corrected chi connectivity index (χ1v) is 8.09. The highest BCUT2D eigenvalue weighted by atomic mass is 16.2. The minimum Gasteiger partial charge on any atom is -0.339 e. The molecule has 1 aromatic carbocycles. The van der Waals surface area contributed by atoms with E-state index in [1.165, 1.54) is 12.0 Å². The third kappa shape index (κ3) is 3.67. The van der Waals surface area contributed by atoms with Gasteiger partial charge in [0, 0.05) is 31.2 Å². The molecule has 2 heterocycles. The van der Waals surface area contributed by atoms with Crippen molar-refractivity contribution in [3.8, 4) is 0 Å². The quantitative estimate of drug-likeness (QED) is 0.943. The fraction of sp³-hybridized carbons (Fsp3) is 0.389. The molecule has 1 N–H and O–H groups in total. The number of piperidine rings is 1. The molecule has 0 radical (unpaired) electrons. The second-order valence-corrected chi connectivity index (χ2v) is 6.09. The molecule has 1 saturated heterocycles. The van der Waals surface area contributed by atoms with E-state index in [1.54, 1.807) is 12.4 Å². The van der Waals surface area contributed by atoms with Crippen LogP contribution in [-0.2, 0) is 0 Å². The number of aromatic nitrogens is 2. The van der Waals surface area contributed by atoms with Gasteiger partial charge in [0.05, 0.1) is 5.56 Å². The lowest BCUT2D eigenvalue weighted by Gasteiger charge is -2.26. The van der Waals surface area contributed by atoms with Gasteiger partial charge in [-0.25, -0.2) is 9.97 Å². The van der Waals surface area contributed by atoms with E-state index in [9.17, 15) is 4.79 Å². The van der Waals surface area contributed by atoms with E-state index in [4.69, 9.17) is 0 Å². The second-order valence-electron chi connectivity index (χ2n) is 6.09. The van der Waals surface area contributed by atoms with Gasteiger partial charge in [-0.2, -0.15) is 0 Å². The monoisotopic (exact) mass is 310 g/mol. The van der Waals surface area contributed by atoms with Crippen LogP contribution in [0.15, 0.2) is 30.6 Å². The van der Waals surface area contributed by atoms with Crippen molar-refractivity contribution in [3.05, 3.63) is 47.3 Å². The van der Waals surface area contributed by atoms with Crippen molar-refractivity contribution >= 4 is 17.5 Å².